The van der Waals surface area contributed by atoms with Crippen LogP contribution < -0.4 is 5.73 Å². The lowest BCUT2D eigenvalue weighted by molar-refractivity contribution is -0.137. The van der Waals surface area contributed by atoms with Crippen molar-refractivity contribution >= 4 is 0 Å². The van der Waals surface area contributed by atoms with Gasteiger partial charge >= 0.3 is 6.18 Å². The summed E-state index contributed by atoms with van der Waals surface area (Å²) in [7, 11) is 0. The van der Waals surface area contributed by atoms with Crippen LogP contribution in [0.2, 0.25) is 0 Å². The highest BCUT2D eigenvalue weighted by molar-refractivity contribution is 5.18. The van der Waals surface area contributed by atoms with Gasteiger partial charge in [-0.3, -0.25) is 4.98 Å². The van der Waals surface area contributed by atoms with Crippen molar-refractivity contribution in [3.63, 3.8) is 0 Å². The van der Waals surface area contributed by atoms with Crippen molar-refractivity contribution < 1.29 is 13.2 Å². The van der Waals surface area contributed by atoms with Crippen LogP contribution in [0.1, 0.15) is 50.4 Å². The van der Waals surface area contributed by atoms with Gasteiger partial charge in [-0.15, -0.1) is 0 Å². The Morgan fingerprint density at radius 2 is 1.89 bits per heavy atom. The Morgan fingerprint density at radius 1 is 1.22 bits per heavy atom. The molecule has 0 aromatic carbocycles. The molecule has 0 amide bonds. The summed E-state index contributed by atoms with van der Waals surface area (Å²) >= 11 is 0. The number of nitrogens with zero attached hydrogens (tertiary/aromatic N) is 1. The molecule has 0 aliphatic heterocycles. The Balaban J connectivity index is 2.56. The first-order chi connectivity index (χ1) is 8.30. The Labute approximate surface area is 105 Å². The summed E-state index contributed by atoms with van der Waals surface area (Å²) in [6, 6.07) is 2.11. The average Bonchev–Trinajstić information content (AvgIpc) is 2.27. The van der Waals surface area contributed by atoms with Gasteiger partial charge in [0.25, 0.3) is 0 Å². The van der Waals surface area contributed by atoms with Crippen molar-refractivity contribution in [1.82, 2.24) is 4.98 Å². The smallest absolute Gasteiger partial charge is 0.323 e. The summed E-state index contributed by atoms with van der Waals surface area (Å²) in [6.07, 6.45) is -0.725. The summed E-state index contributed by atoms with van der Waals surface area (Å²) in [4.78, 5) is 3.80. The molecule has 0 saturated carbocycles. The molecule has 2 nitrogen and oxygen atoms in total. The largest absolute Gasteiger partial charge is 0.417 e. The zero-order valence-electron chi connectivity index (χ0n) is 10.7. The van der Waals surface area contributed by atoms with Gasteiger partial charge in [0.2, 0.25) is 0 Å². The normalized spacial score (nSPS) is 13.9. The first kappa shape index (κ1) is 15.0. The summed E-state index contributed by atoms with van der Waals surface area (Å²) in [5.41, 5.74) is 5.68. The molecule has 0 radical (unpaired) electrons. The summed E-state index contributed by atoms with van der Waals surface area (Å²) in [5, 5.41) is 0. The van der Waals surface area contributed by atoms with E-state index in [1.54, 1.807) is 0 Å². The maximum Gasteiger partial charge on any atom is 0.417 e. The van der Waals surface area contributed by atoms with Crippen LogP contribution in [0, 0.1) is 5.92 Å². The molecular formula is C13H19F3N2. The molecular weight excluding hydrogens is 241 g/mol. The number of nitrogens with two attached hydrogens (primary N) is 1. The SMILES string of the molecule is CC(C)CCCC(N)c1ccc(C(F)(F)F)cn1. The standard InChI is InChI=1S/C13H19F3N2/c1-9(2)4-3-5-11(17)12-7-6-10(8-18-12)13(14,15)16/h6-9,11H,3-5,17H2,1-2H3. The number of rotatable bonds is 5. The van der Waals surface area contributed by atoms with E-state index < -0.39 is 11.7 Å². The fourth-order valence-electron chi connectivity index (χ4n) is 1.69. The van der Waals surface area contributed by atoms with Gasteiger partial charge in [-0.1, -0.05) is 26.7 Å². The van der Waals surface area contributed by atoms with Crippen molar-refractivity contribution in [2.24, 2.45) is 11.7 Å². The maximum absolute atomic E-state index is 12.3. The molecule has 1 rings (SSSR count). The fraction of sp³-hybridized carbons (Fsp3) is 0.615. The van der Waals surface area contributed by atoms with Gasteiger partial charge in [0.1, 0.15) is 0 Å². The first-order valence-electron chi connectivity index (χ1n) is 6.09. The molecule has 1 heterocycles. The van der Waals surface area contributed by atoms with E-state index >= 15 is 0 Å². The third-order valence-corrected chi connectivity index (χ3v) is 2.79. The van der Waals surface area contributed by atoms with Crippen LogP contribution in [0.4, 0.5) is 13.2 Å². The number of hydrogen-bond donors (Lipinski definition) is 1. The summed E-state index contributed by atoms with van der Waals surface area (Å²) in [6.45, 7) is 4.25. The van der Waals surface area contributed by atoms with Gasteiger partial charge in [-0.05, 0) is 24.5 Å². The summed E-state index contributed by atoms with van der Waals surface area (Å²) < 4.78 is 37.0. The van der Waals surface area contributed by atoms with Crippen LogP contribution in [0.5, 0.6) is 0 Å². The fourth-order valence-corrected chi connectivity index (χ4v) is 1.69. The molecule has 1 unspecified atom stereocenters. The predicted molar refractivity (Wildman–Crippen MR) is 64.9 cm³/mol. The molecule has 0 saturated heterocycles. The van der Waals surface area contributed by atoms with Crippen molar-refractivity contribution in [2.45, 2.75) is 45.3 Å². The number of alkyl halides is 3. The van der Waals surface area contributed by atoms with Crippen LogP contribution in [-0.2, 0) is 6.18 Å². The second-order valence-corrected chi connectivity index (χ2v) is 4.90. The molecule has 1 aromatic rings. The molecule has 0 spiro atoms. The molecule has 1 aromatic heterocycles. The zero-order chi connectivity index (χ0) is 13.8. The minimum absolute atomic E-state index is 0.286. The molecule has 18 heavy (non-hydrogen) atoms. The molecule has 2 N–H and O–H groups in total. The van der Waals surface area contributed by atoms with E-state index in [2.05, 4.69) is 18.8 Å². The number of pyridine rings is 1. The third kappa shape index (κ3) is 4.64. The second kappa shape index (κ2) is 6.18. The van der Waals surface area contributed by atoms with Crippen LogP contribution in [0.3, 0.4) is 0 Å². The van der Waals surface area contributed by atoms with Crippen LogP contribution in [0.25, 0.3) is 0 Å². The Morgan fingerprint density at radius 3 is 2.33 bits per heavy atom. The van der Waals surface area contributed by atoms with Crippen molar-refractivity contribution in [1.29, 1.82) is 0 Å². The molecule has 102 valence electrons. The number of hydrogen-bond acceptors (Lipinski definition) is 2. The van der Waals surface area contributed by atoms with E-state index in [-0.39, 0.29) is 6.04 Å². The number of aromatic nitrogens is 1. The average molecular weight is 260 g/mol. The Bertz CT molecular complexity index is 357. The van der Waals surface area contributed by atoms with E-state index in [0.717, 1.165) is 31.5 Å². The minimum atomic E-state index is -4.34. The van der Waals surface area contributed by atoms with Gasteiger partial charge in [-0.25, -0.2) is 0 Å². The monoisotopic (exact) mass is 260 g/mol. The quantitative estimate of drug-likeness (QED) is 0.871. The van der Waals surface area contributed by atoms with Crippen molar-refractivity contribution in [3.8, 4) is 0 Å². The first-order valence-corrected chi connectivity index (χ1v) is 6.09. The van der Waals surface area contributed by atoms with Crippen molar-refractivity contribution in [2.75, 3.05) is 0 Å². The Hall–Kier alpha value is -1.10. The molecule has 0 aliphatic rings. The second-order valence-electron chi connectivity index (χ2n) is 4.90. The maximum atomic E-state index is 12.3. The van der Waals surface area contributed by atoms with Gasteiger partial charge < -0.3 is 5.73 Å². The highest BCUT2D eigenvalue weighted by Crippen LogP contribution is 2.29. The third-order valence-electron chi connectivity index (χ3n) is 2.79. The predicted octanol–water partition coefficient (Wildman–Crippen LogP) is 3.93. The van der Waals surface area contributed by atoms with E-state index in [9.17, 15) is 13.2 Å². The lowest BCUT2D eigenvalue weighted by Gasteiger charge is -2.13. The minimum Gasteiger partial charge on any atom is -0.323 e. The zero-order valence-corrected chi connectivity index (χ0v) is 10.7. The van der Waals surface area contributed by atoms with Gasteiger partial charge in [0.15, 0.2) is 0 Å². The van der Waals surface area contributed by atoms with E-state index in [4.69, 9.17) is 5.73 Å². The summed E-state index contributed by atoms with van der Waals surface area (Å²) in [5.74, 6) is 0.609. The van der Waals surface area contributed by atoms with E-state index in [0.29, 0.717) is 11.6 Å². The van der Waals surface area contributed by atoms with Crippen molar-refractivity contribution in [3.05, 3.63) is 29.6 Å². The van der Waals surface area contributed by atoms with Gasteiger partial charge in [0.05, 0.1) is 11.3 Å². The molecule has 1 atom stereocenters. The topological polar surface area (TPSA) is 38.9 Å². The van der Waals surface area contributed by atoms with E-state index in [1.165, 1.54) is 6.07 Å². The molecule has 0 bridgehead atoms. The lowest BCUT2D eigenvalue weighted by Crippen LogP contribution is -2.13. The number of halogens is 3. The van der Waals surface area contributed by atoms with E-state index in [1.807, 2.05) is 0 Å². The molecule has 5 heteroatoms. The highest BCUT2D eigenvalue weighted by atomic mass is 19.4. The van der Waals surface area contributed by atoms with Crippen LogP contribution >= 0.6 is 0 Å². The lowest BCUT2D eigenvalue weighted by atomic mass is 10.0. The molecule has 0 aliphatic carbocycles. The van der Waals surface area contributed by atoms with Gasteiger partial charge in [-0.2, -0.15) is 13.2 Å². The van der Waals surface area contributed by atoms with Crippen LogP contribution in [-0.4, -0.2) is 4.98 Å². The Kier molecular flexibility index (Phi) is 5.14. The molecule has 0 fully saturated rings. The highest BCUT2D eigenvalue weighted by Gasteiger charge is 2.30. The van der Waals surface area contributed by atoms with Gasteiger partial charge in [0, 0.05) is 12.2 Å². The van der Waals surface area contributed by atoms with Crippen LogP contribution in [0.15, 0.2) is 18.3 Å².